The maximum absolute atomic E-state index is 9.31. The number of nitriles is 1. The molecule has 1 heterocycles. The lowest BCUT2D eigenvalue weighted by Gasteiger charge is -2.19. The predicted molar refractivity (Wildman–Crippen MR) is 78.0 cm³/mol. The Labute approximate surface area is 118 Å². The van der Waals surface area contributed by atoms with Crippen molar-refractivity contribution in [2.45, 2.75) is 19.4 Å². The molecule has 0 fully saturated rings. The molecule has 2 aromatic rings. The van der Waals surface area contributed by atoms with E-state index in [9.17, 15) is 5.26 Å². The van der Waals surface area contributed by atoms with Crippen molar-refractivity contribution in [2.75, 3.05) is 13.6 Å². The third-order valence-corrected chi connectivity index (χ3v) is 3.77. The molecule has 0 aliphatic carbocycles. The minimum absolute atomic E-state index is 0.0917. The number of thiazole rings is 1. The second-order valence-corrected chi connectivity index (χ2v) is 5.71. The van der Waals surface area contributed by atoms with Gasteiger partial charge in [-0.05, 0) is 19.5 Å². The van der Waals surface area contributed by atoms with Gasteiger partial charge in [-0.25, -0.2) is 4.98 Å². The molecule has 1 atom stereocenters. The third-order valence-electron chi connectivity index (χ3n) is 2.95. The molecular weight excluding hydrogens is 254 g/mol. The Balaban J connectivity index is 1.97. The summed E-state index contributed by atoms with van der Waals surface area (Å²) in [6.07, 6.45) is 0. The van der Waals surface area contributed by atoms with Crippen LogP contribution in [-0.4, -0.2) is 23.5 Å². The van der Waals surface area contributed by atoms with Gasteiger partial charge in [-0.3, -0.25) is 4.90 Å². The van der Waals surface area contributed by atoms with Crippen LogP contribution < -0.4 is 0 Å². The van der Waals surface area contributed by atoms with Crippen LogP contribution in [0.4, 0.5) is 0 Å². The van der Waals surface area contributed by atoms with Gasteiger partial charge in [0.25, 0.3) is 0 Å². The van der Waals surface area contributed by atoms with Crippen LogP contribution in [-0.2, 0) is 6.54 Å². The molecule has 0 amide bonds. The second-order valence-electron chi connectivity index (χ2n) is 4.65. The monoisotopic (exact) mass is 271 g/mol. The quantitative estimate of drug-likeness (QED) is 0.838. The van der Waals surface area contributed by atoms with Gasteiger partial charge >= 0.3 is 0 Å². The molecule has 0 saturated carbocycles. The topological polar surface area (TPSA) is 39.9 Å². The number of hydrogen-bond donors (Lipinski definition) is 0. The van der Waals surface area contributed by atoms with Gasteiger partial charge in [0.15, 0.2) is 0 Å². The van der Waals surface area contributed by atoms with Gasteiger partial charge in [0.05, 0.1) is 22.7 Å². The van der Waals surface area contributed by atoms with Crippen molar-refractivity contribution < 1.29 is 0 Å². The van der Waals surface area contributed by atoms with Gasteiger partial charge < -0.3 is 0 Å². The number of hydrogen-bond acceptors (Lipinski definition) is 4. The Morgan fingerprint density at radius 3 is 2.68 bits per heavy atom. The highest BCUT2D eigenvalue weighted by Crippen LogP contribution is 2.17. The molecule has 0 saturated heterocycles. The molecule has 98 valence electrons. The summed E-state index contributed by atoms with van der Waals surface area (Å²) in [5, 5.41) is 12.5. The van der Waals surface area contributed by atoms with E-state index in [0.717, 1.165) is 29.4 Å². The summed E-state index contributed by atoms with van der Waals surface area (Å²) in [6, 6.07) is 12.3. The summed E-state index contributed by atoms with van der Waals surface area (Å²) < 4.78 is 0. The molecule has 0 aliphatic heterocycles. The van der Waals surface area contributed by atoms with Crippen LogP contribution in [0.1, 0.15) is 22.2 Å². The van der Waals surface area contributed by atoms with Crippen molar-refractivity contribution in [3.8, 4) is 6.07 Å². The van der Waals surface area contributed by atoms with Crippen molar-refractivity contribution in [1.82, 2.24) is 9.88 Å². The van der Waals surface area contributed by atoms with Crippen LogP contribution in [0.5, 0.6) is 0 Å². The smallest absolute Gasteiger partial charge is 0.0897 e. The Morgan fingerprint density at radius 2 is 2.11 bits per heavy atom. The number of aromatic nitrogens is 1. The van der Waals surface area contributed by atoms with Crippen molar-refractivity contribution >= 4 is 11.3 Å². The molecular formula is C15H17N3S. The summed E-state index contributed by atoms with van der Waals surface area (Å²) in [6.45, 7) is 3.52. The summed E-state index contributed by atoms with van der Waals surface area (Å²) in [4.78, 5) is 6.60. The molecule has 3 nitrogen and oxygen atoms in total. The summed E-state index contributed by atoms with van der Waals surface area (Å²) in [5.74, 6) is -0.0917. The molecule has 4 heteroatoms. The molecule has 1 aromatic carbocycles. The molecule has 1 unspecified atom stereocenters. The fraction of sp³-hybridized carbons (Fsp3) is 0.333. The van der Waals surface area contributed by atoms with Crippen molar-refractivity contribution in [3.05, 3.63) is 52.0 Å². The first-order chi connectivity index (χ1) is 9.19. The summed E-state index contributed by atoms with van der Waals surface area (Å²) in [5.41, 5.74) is 2.15. The van der Waals surface area contributed by atoms with E-state index in [0.29, 0.717) is 0 Å². The minimum Gasteiger partial charge on any atom is -0.299 e. The molecule has 0 bridgehead atoms. The van der Waals surface area contributed by atoms with Gasteiger partial charge in [-0.15, -0.1) is 11.3 Å². The van der Waals surface area contributed by atoms with Crippen LogP contribution in [0.3, 0.4) is 0 Å². The number of aryl methyl sites for hydroxylation is 1. The molecule has 2 rings (SSSR count). The number of nitrogens with zero attached hydrogens (tertiary/aromatic N) is 3. The second kappa shape index (κ2) is 6.46. The molecule has 19 heavy (non-hydrogen) atoms. The van der Waals surface area contributed by atoms with E-state index in [1.807, 2.05) is 44.3 Å². The van der Waals surface area contributed by atoms with Crippen LogP contribution in [0.15, 0.2) is 35.7 Å². The lowest BCUT2D eigenvalue weighted by atomic mass is 10.0. The predicted octanol–water partition coefficient (Wildman–Crippen LogP) is 3.19. The van der Waals surface area contributed by atoms with Crippen molar-refractivity contribution in [3.63, 3.8) is 0 Å². The SMILES string of the molecule is Cc1nc(CN(C)CC(C#N)c2ccccc2)cs1. The third kappa shape index (κ3) is 3.88. The highest BCUT2D eigenvalue weighted by molar-refractivity contribution is 7.09. The number of benzene rings is 1. The standard InChI is InChI=1S/C15H17N3S/c1-12-17-15(11-19-12)10-18(2)9-14(8-16)13-6-4-3-5-7-13/h3-7,11,14H,9-10H2,1-2H3. The lowest BCUT2D eigenvalue weighted by molar-refractivity contribution is 0.317. The first-order valence-electron chi connectivity index (χ1n) is 6.23. The van der Waals surface area contributed by atoms with Gasteiger partial charge in [0.2, 0.25) is 0 Å². The zero-order chi connectivity index (χ0) is 13.7. The molecule has 0 N–H and O–H groups in total. The van der Waals surface area contributed by atoms with Crippen molar-refractivity contribution in [1.29, 1.82) is 5.26 Å². The number of likely N-dealkylation sites (N-methyl/N-ethyl adjacent to an activating group) is 1. The average Bonchev–Trinajstić information content (AvgIpc) is 2.82. The maximum atomic E-state index is 9.31. The zero-order valence-electron chi connectivity index (χ0n) is 11.2. The first kappa shape index (κ1) is 13.7. The fourth-order valence-electron chi connectivity index (χ4n) is 2.04. The average molecular weight is 271 g/mol. The van der Waals surface area contributed by atoms with E-state index in [1.165, 1.54) is 0 Å². The summed E-state index contributed by atoms with van der Waals surface area (Å²) in [7, 11) is 2.03. The summed E-state index contributed by atoms with van der Waals surface area (Å²) >= 11 is 1.66. The highest BCUT2D eigenvalue weighted by atomic mass is 32.1. The van der Waals surface area contributed by atoms with Gasteiger partial charge in [-0.2, -0.15) is 5.26 Å². The van der Waals surface area contributed by atoms with Crippen molar-refractivity contribution in [2.24, 2.45) is 0 Å². The Morgan fingerprint density at radius 1 is 1.37 bits per heavy atom. The Bertz CT molecular complexity index is 556. The van der Waals surface area contributed by atoms with Crippen LogP contribution in [0, 0.1) is 18.3 Å². The van der Waals surface area contributed by atoms with Gasteiger partial charge in [-0.1, -0.05) is 30.3 Å². The zero-order valence-corrected chi connectivity index (χ0v) is 12.0. The molecule has 0 radical (unpaired) electrons. The van der Waals surface area contributed by atoms with E-state index in [-0.39, 0.29) is 5.92 Å². The normalized spacial score (nSPS) is 12.3. The lowest BCUT2D eigenvalue weighted by Crippen LogP contribution is -2.23. The minimum atomic E-state index is -0.0917. The van der Waals surface area contributed by atoms with E-state index in [1.54, 1.807) is 11.3 Å². The largest absolute Gasteiger partial charge is 0.299 e. The van der Waals surface area contributed by atoms with E-state index in [4.69, 9.17) is 0 Å². The molecule has 0 aliphatic rings. The number of rotatable bonds is 5. The maximum Gasteiger partial charge on any atom is 0.0897 e. The van der Waals surface area contributed by atoms with Gasteiger partial charge in [0.1, 0.15) is 0 Å². The van der Waals surface area contributed by atoms with Crippen LogP contribution in [0.25, 0.3) is 0 Å². The fourth-order valence-corrected chi connectivity index (χ4v) is 2.64. The van der Waals surface area contributed by atoms with Crippen LogP contribution >= 0.6 is 11.3 Å². The molecule has 0 spiro atoms. The van der Waals surface area contributed by atoms with E-state index >= 15 is 0 Å². The van der Waals surface area contributed by atoms with E-state index in [2.05, 4.69) is 21.3 Å². The van der Waals surface area contributed by atoms with E-state index < -0.39 is 0 Å². The van der Waals surface area contributed by atoms with Gasteiger partial charge in [0, 0.05) is 18.5 Å². The van der Waals surface area contributed by atoms with Crippen LogP contribution in [0.2, 0.25) is 0 Å². The Kier molecular flexibility index (Phi) is 4.67. The first-order valence-corrected chi connectivity index (χ1v) is 7.11. The Hall–Kier alpha value is -1.70. The highest BCUT2D eigenvalue weighted by Gasteiger charge is 2.13. The molecule has 1 aromatic heterocycles.